The Bertz CT molecular complexity index is 440. The maximum atomic E-state index is 9.63. The van der Waals surface area contributed by atoms with E-state index >= 15 is 0 Å². The van der Waals surface area contributed by atoms with Crippen molar-refractivity contribution >= 4 is 15.9 Å². The number of ether oxygens (including phenoxy) is 1. The SMILES string of the molecule is C#CC[C@@]1(CO)CO[C@](CBr)(c2ccccc2)C1. The van der Waals surface area contributed by atoms with Crippen molar-refractivity contribution in [1.29, 1.82) is 0 Å². The Morgan fingerprint density at radius 3 is 2.67 bits per heavy atom. The highest BCUT2D eigenvalue weighted by molar-refractivity contribution is 9.09. The molecule has 0 saturated carbocycles. The summed E-state index contributed by atoms with van der Waals surface area (Å²) in [6.45, 7) is 0.576. The molecule has 0 bridgehead atoms. The van der Waals surface area contributed by atoms with Gasteiger partial charge >= 0.3 is 0 Å². The normalized spacial score (nSPS) is 31.2. The summed E-state index contributed by atoms with van der Waals surface area (Å²) in [7, 11) is 0. The zero-order valence-corrected chi connectivity index (χ0v) is 11.8. The maximum absolute atomic E-state index is 9.63. The Labute approximate surface area is 116 Å². The molecule has 1 saturated heterocycles. The van der Waals surface area contributed by atoms with E-state index in [-0.39, 0.29) is 17.6 Å². The molecule has 1 aliphatic heterocycles. The van der Waals surface area contributed by atoms with E-state index in [0.717, 1.165) is 12.0 Å². The summed E-state index contributed by atoms with van der Waals surface area (Å²) in [5.74, 6) is 2.66. The molecule has 2 rings (SSSR count). The minimum Gasteiger partial charge on any atom is -0.396 e. The van der Waals surface area contributed by atoms with Crippen LogP contribution in [0, 0.1) is 17.8 Å². The summed E-state index contributed by atoms with van der Waals surface area (Å²) in [4.78, 5) is 0. The number of hydrogen-bond acceptors (Lipinski definition) is 2. The summed E-state index contributed by atoms with van der Waals surface area (Å²) < 4.78 is 6.03. The average Bonchev–Trinajstić information content (AvgIpc) is 2.82. The molecular formula is C15H17BrO2. The fraction of sp³-hybridized carbons (Fsp3) is 0.467. The van der Waals surface area contributed by atoms with Gasteiger partial charge in [0.15, 0.2) is 0 Å². The molecule has 18 heavy (non-hydrogen) atoms. The third kappa shape index (κ3) is 2.33. The van der Waals surface area contributed by atoms with Crippen LogP contribution in [-0.2, 0) is 10.3 Å². The third-order valence-electron chi connectivity index (χ3n) is 3.64. The van der Waals surface area contributed by atoms with Crippen molar-refractivity contribution in [2.45, 2.75) is 18.4 Å². The van der Waals surface area contributed by atoms with Gasteiger partial charge in [-0.2, -0.15) is 0 Å². The number of halogens is 1. The molecule has 1 heterocycles. The minimum atomic E-state index is -0.374. The fourth-order valence-corrected chi connectivity index (χ4v) is 3.26. The van der Waals surface area contributed by atoms with Crippen molar-refractivity contribution in [2.24, 2.45) is 5.41 Å². The Morgan fingerprint density at radius 2 is 2.11 bits per heavy atom. The first-order valence-corrected chi connectivity index (χ1v) is 7.12. The van der Waals surface area contributed by atoms with E-state index in [1.807, 2.05) is 18.2 Å². The second kappa shape index (κ2) is 5.44. The fourth-order valence-electron chi connectivity index (χ4n) is 2.58. The second-order valence-electron chi connectivity index (χ2n) is 5.00. The summed E-state index contributed by atoms with van der Waals surface area (Å²) in [5.41, 5.74) is 0.452. The topological polar surface area (TPSA) is 29.5 Å². The lowest BCUT2D eigenvalue weighted by molar-refractivity contribution is 0.0147. The zero-order chi connectivity index (χ0) is 13.1. The molecule has 0 unspecified atom stereocenters. The van der Waals surface area contributed by atoms with Crippen molar-refractivity contribution in [3.63, 3.8) is 0 Å². The molecule has 96 valence electrons. The first-order valence-electron chi connectivity index (χ1n) is 6.00. The molecule has 3 heteroatoms. The molecular weight excluding hydrogens is 292 g/mol. The molecule has 2 nitrogen and oxygen atoms in total. The molecule has 0 radical (unpaired) electrons. The van der Waals surface area contributed by atoms with E-state index in [1.165, 1.54) is 0 Å². The Morgan fingerprint density at radius 1 is 1.39 bits per heavy atom. The lowest BCUT2D eigenvalue weighted by atomic mass is 9.77. The van der Waals surface area contributed by atoms with Crippen molar-refractivity contribution < 1.29 is 9.84 Å². The van der Waals surface area contributed by atoms with E-state index in [9.17, 15) is 5.11 Å². The lowest BCUT2D eigenvalue weighted by Gasteiger charge is -2.29. The zero-order valence-electron chi connectivity index (χ0n) is 10.2. The maximum Gasteiger partial charge on any atom is 0.103 e. The molecule has 0 aromatic heterocycles. The van der Waals surface area contributed by atoms with Gasteiger partial charge in [-0.15, -0.1) is 12.3 Å². The van der Waals surface area contributed by atoms with Crippen molar-refractivity contribution in [3.05, 3.63) is 35.9 Å². The van der Waals surface area contributed by atoms with Crippen LogP contribution < -0.4 is 0 Å². The summed E-state index contributed by atoms with van der Waals surface area (Å²) in [6.07, 6.45) is 6.70. The van der Waals surface area contributed by atoms with E-state index in [4.69, 9.17) is 11.2 Å². The molecule has 0 aliphatic carbocycles. The molecule has 0 spiro atoms. The first-order chi connectivity index (χ1) is 8.70. The summed E-state index contributed by atoms with van der Waals surface area (Å²) >= 11 is 3.54. The van der Waals surface area contributed by atoms with Crippen LogP contribution in [-0.4, -0.2) is 23.7 Å². The Hall–Kier alpha value is -0.820. The highest BCUT2D eigenvalue weighted by Crippen LogP contribution is 2.48. The number of aliphatic hydroxyl groups is 1. The van der Waals surface area contributed by atoms with Crippen molar-refractivity contribution in [3.8, 4) is 12.3 Å². The second-order valence-corrected chi connectivity index (χ2v) is 5.56. The number of aliphatic hydroxyl groups excluding tert-OH is 1. The van der Waals surface area contributed by atoms with Crippen LogP contribution in [0.2, 0.25) is 0 Å². The summed E-state index contributed by atoms with van der Waals surface area (Å²) in [6, 6.07) is 10.1. The molecule has 0 amide bonds. The number of benzene rings is 1. The van der Waals surface area contributed by atoms with Crippen LogP contribution in [0.25, 0.3) is 0 Å². The molecule has 1 aromatic rings. The first kappa shape index (κ1) is 13.6. The van der Waals surface area contributed by atoms with E-state index in [0.29, 0.717) is 18.4 Å². The third-order valence-corrected chi connectivity index (χ3v) is 4.55. The van der Waals surface area contributed by atoms with Crippen molar-refractivity contribution in [2.75, 3.05) is 18.5 Å². The van der Waals surface area contributed by atoms with Crippen molar-refractivity contribution in [1.82, 2.24) is 0 Å². The van der Waals surface area contributed by atoms with Crippen LogP contribution in [0.15, 0.2) is 30.3 Å². The lowest BCUT2D eigenvalue weighted by Crippen LogP contribution is -2.30. The van der Waals surface area contributed by atoms with Gasteiger partial charge < -0.3 is 9.84 Å². The Balaban J connectivity index is 2.30. The van der Waals surface area contributed by atoms with Crippen LogP contribution in [0.3, 0.4) is 0 Å². The van der Waals surface area contributed by atoms with Gasteiger partial charge in [-0.3, -0.25) is 0 Å². The van der Waals surface area contributed by atoms with Gasteiger partial charge in [0.05, 0.1) is 13.2 Å². The molecule has 1 aliphatic rings. The average molecular weight is 309 g/mol. The standard InChI is InChI=1S/C15H17BrO2/c1-2-8-14(11-17)9-15(10-16,18-12-14)13-6-4-3-5-7-13/h1,3-7,17H,8-12H2/t14-,15-/m1/s1. The monoisotopic (exact) mass is 308 g/mol. The predicted molar refractivity (Wildman–Crippen MR) is 75.5 cm³/mol. The van der Waals surface area contributed by atoms with E-state index < -0.39 is 0 Å². The number of terminal acetylenes is 1. The minimum absolute atomic E-state index is 0.0682. The van der Waals surface area contributed by atoms with Crippen LogP contribution >= 0.6 is 15.9 Å². The quantitative estimate of drug-likeness (QED) is 0.684. The van der Waals surface area contributed by atoms with Crippen LogP contribution in [0.1, 0.15) is 18.4 Å². The van der Waals surface area contributed by atoms with E-state index in [2.05, 4.69) is 34.0 Å². The van der Waals surface area contributed by atoms with Crippen LogP contribution in [0.5, 0.6) is 0 Å². The Kier molecular flexibility index (Phi) is 4.11. The summed E-state index contributed by atoms with van der Waals surface area (Å²) in [5, 5.41) is 10.3. The largest absolute Gasteiger partial charge is 0.396 e. The predicted octanol–water partition coefficient (Wildman–Crippen LogP) is 2.70. The van der Waals surface area contributed by atoms with Gasteiger partial charge in [0.25, 0.3) is 0 Å². The molecule has 1 aromatic carbocycles. The number of alkyl halides is 1. The molecule has 1 fully saturated rings. The van der Waals surface area contributed by atoms with Gasteiger partial charge in [0, 0.05) is 17.2 Å². The molecule has 1 N–H and O–H groups in total. The number of rotatable bonds is 4. The smallest absolute Gasteiger partial charge is 0.103 e. The molecule has 2 atom stereocenters. The van der Waals surface area contributed by atoms with Gasteiger partial charge in [-0.1, -0.05) is 46.3 Å². The van der Waals surface area contributed by atoms with Crippen LogP contribution in [0.4, 0.5) is 0 Å². The van der Waals surface area contributed by atoms with Gasteiger partial charge in [-0.05, 0) is 12.0 Å². The van der Waals surface area contributed by atoms with E-state index in [1.54, 1.807) is 0 Å². The van der Waals surface area contributed by atoms with Gasteiger partial charge in [0.2, 0.25) is 0 Å². The van der Waals surface area contributed by atoms with Gasteiger partial charge in [-0.25, -0.2) is 0 Å². The number of hydrogen-bond donors (Lipinski definition) is 1. The van der Waals surface area contributed by atoms with Gasteiger partial charge in [0.1, 0.15) is 5.60 Å². The highest BCUT2D eigenvalue weighted by atomic mass is 79.9. The highest BCUT2D eigenvalue weighted by Gasteiger charge is 2.49.